The summed E-state index contributed by atoms with van der Waals surface area (Å²) in [6.07, 6.45) is 9.62. The summed E-state index contributed by atoms with van der Waals surface area (Å²) in [7, 11) is 0. The first-order valence-electron chi connectivity index (χ1n) is 7.86. The van der Waals surface area contributed by atoms with E-state index in [-0.39, 0.29) is 23.7 Å². The van der Waals surface area contributed by atoms with Crippen LogP contribution in [0.1, 0.15) is 32.1 Å². The molecule has 0 aromatic rings. The van der Waals surface area contributed by atoms with Gasteiger partial charge in [0.25, 0.3) is 0 Å². The van der Waals surface area contributed by atoms with Gasteiger partial charge in [-0.15, -0.1) is 0 Å². The third-order valence-electron chi connectivity index (χ3n) is 5.45. The molecule has 0 radical (unpaired) electrons. The van der Waals surface area contributed by atoms with Crippen molar-refractivity contribution in [3.63, 3.8) is 0 Å². The van der Waals surface area contributed by atoms with Gasteiger partial charge >= 0.3 is 5.97 Å². The van der Waals surface area contributed by atoms with Crippen LogP contribution in [0.3, 0.4) is 0 Å². The minimum Gasteiger partial charge on any atom is -0.481 e. The van der Waals surface area contributed by atoms with Gasteiger partial charge in [-0.05, 0) is 49.9 Å². The molecule has 4 rings (SSSR count). The van der Waals surface area contributed by atoms with Gasteiger partial charge in [-0.2, -0.15) is 0 Å². The largest absolute Gasteiger partial charge is 0.481 e. The molecule has 4 atom stereocenters. The maximum atomic E-state index is 12.9. The fraction of sp³-hybridized carbons (Fsp3) is 0.750. The molecule has 4 heteroatoms. The fourth-order valence-electron chi connectivity index (χ4n) is 4.07. The van der Waals surface area contributed by atoms with Gasteiger partial charge in [0.15, 0.2) is 0 Å². The number of fused-ring (bicyclic) bond motifs is 2. The predicted octanol–water partition coefficient (Wildman–Crippen LogP) is 1.91. The van der Waals surface area contributed by atoms with Crippen molar-refractivity contribution in [2.75, 3.05) is 6.54 Å². The summed E-state index contributed by atoms with van der Waals surface area (Å²) in [5, 5.41) is 9.48. The van der Waals surface area contributed by atoms with E-state index in [1.165, 1.54) is 12.8 Å². The number of amides is 1. The van der Waals surface area contributed by atoms with Gasteiger partial charge in [0, 0.05) is 12.6 Å². The second kappa shape index (κ2) is 4.34. The Morgan fingerprint density at radius 2 is 1.70 bits per heavy atom. The molecule has 3 fully saturated rings. The summed E-state index contributed by atoms with van der Waals surface area (Å²) in [5.74, 6) is -0.537. The monoisotopic (exact) mass is 275 g/mol. The number of allylic oxidation sites excluding steroid dienone is 2. The lowest BCUT2D eigenvalue weighted by molar-refractivity contribution is -0.151. The van der Waals surface area contributed by atoms with Gasteiger partial charge in [0.05, 0.1) is 11.8 Å². The number of carboxylic acids is 1. The highest BCUT2D eigenvalue weighted by Crippen LogP contribution is 2.50. The summed E-state index contributed by atoms with van der Waals surface area (Å²) in [6.45, 7) is 0.868. The van der Waals surface area contributed by atoms with Crippen LogP contribution >= 0.6 is 0 Å². The number of carboxylic acid groups (broad SMARTS) is 1. The summed E-state index contributed by atoms with van der Waals surface area (Å²) in [6, 6.07) is 0.403. The number of carbonyl (C=O) groups is 2. The van der Waals surface area contributed by atoms with Gasteiger partial charge in [-0.25, -0.2) is 0 Å². The van der Waals surface area contributed by atoms with Crippen molar-refractivity contribution >= 4 is 11.9 Å². The number of carbonyl (C=O) groups excluding carboxylic acids is 1. The van der Waals surface area contributed by atoms with Crippen molar-refractivity contribution in [2.24, 2.45) is 29.6 Å². The highest BCUT2D eigenvalue weighted by molar-refractivity contribution is 5.87. The predicted molar refractivity (Wildman–Crippen MR) is 72.8 cm³/mol. The van der Waals surface area contributed by atoms with Crippen molar-refractivity contribution < 1.29 is 14.7 Å². The van der Waals surface area contributed by atoms with Crippen LogP contribution in [0.5, 0.6) is 0 Å². The van der Waals surface area contributed by atoms with Gasteiger partial charge in [-0.3, -0.25) is 9.59 Å². The number of hydrogen-bond donors (Lipinski definition) is 1. The third-order valence-corrected chi connectivity index (χ3v) is 5.45. The first-order chi connectivity index (χ1) is 9.65. The minimum atomic E-state index is -0.789. The first kappa shape index (κ1) is 12.4. The van der Waals surface area contributed by atoms with Crippen molar-refractivity contribution in [3.05, 3.63) is 12.2 Å². The number of aliphatic carboxylic acids is 1. The molecule has 108 valence electrons. The maximum Gasteiger partial charge on any atom is 0.307 e. The second-order valence-corrected chi connectivity index (χ2v) is 7.00. The molecule has 4 unspecified atom stereocenters. The Bertz CT molecular complexity index is 478. The standard InChI is InChI=1S/C16H21NO3/c18-15(17(12-5-6-12)8-9-1-2-9)13-10-3-4-11(7-10)14(13)16(19)20/h3-4,9-14H,1-2,5-8H2,(H,19,20). The molecule has 0 heterocycles. The van der Waals surface area contributed by atoms with E-state index in [9.17, 15) is 14.7 Å². The Balaban J connectivity index is 1.56. The van der Waals surface area contributed by atoms with Crippen LogP contribution in [0.15, 0.2) is 12.2 Å². The van der Waals surface area contributed by atoms with Gasteiger partial charge in [-0.1, -0.05) is 12.2 Å². The number of rotatable bonds is 5. The molecule has 0 aliphatic heterocycles. The molecule has 0 aromatic carbocycles. The molecular weight excluding hydrogens is 254 g/mol. The zero-order valence-corrected chi connectivity index (χ0v) is 11.6. The van der Waals surface area contributed by atoms with E-state index < -0.39 is 11.9 Å². The Morgan fingerprint density at radius 1 is 1.05 bits per heavy atom. The Kier molecular flexibility index (Phi) is 2.69. The zero-order chi connectivity index (χ0) is 13.9. The first-order valence-corrected chi connectivity index (χ1v) is 7.86. The van der Waals surface area contributed by atoms with E-state index in [4.69, 9.17) is 0 Å². The van der Waals surface area contributed by atoms with Crippen molar-refractivity contribution in [3.8, 4) is 0 Å². The quantitative estimate of drug-likeness (QED) is 0.780. The van der Waals surface area contributed by atoms with E-state index >= 15 is 0 Å². The van der Waals surface area contributed by atoms with Crippen molar-refractivity contribution in [1.82, 2.24) is 4.90 Å². The SMILES string of the molecule is O=C(O)C1C2C=CC(C2)C1C(=O)N(CC1CC1)C1CC1. The molecule has 0 saturated heterocycles. The van der Waals surface area contributed by atoms with Gasteiger partial charge in [0.2, 0.25) is 5.91 Å². The summed E-state index contributed by atoms with van der Waals surface area (Å²) < 4.78 is 0. The Hall–Kier alpha value is -1.32. The maximum absolute atomic E-state index is 12.9. The second-order valence-electron chi connectivity index (χ2n) is 7.00. The topological polar surface area (TPSA) is 57.6 Å². The van der Waals surface area contributed by atoms with Crippen molar-refractivity contribution in [2.45, 2.75) is 38.1 Å². The van der Waals surface area contributed by atoms with E-state index in [1.807, 2.05) is 11.0 Å². The molecule has 4 aliphatic rings. The highest BCUT2D eigenvalue weighted by Gasteiger charge is 2.54. The molecule has 0 spiro atoms. The lowest BCUT2D eigenvalue weighted by Gasteiger charge is -2.31. The summed E-state index contributed by atoms with van der Waals surface area (Å²) in [5.41, 5.74) is 0. The third kappa shape index (κ3) is 1.97. The summed E-state index contributed by atoms with van der Waals surface area (Å²) in [4.78, 5) is 26.5. The lowest BCUT2D eigenvalue weighted by atomic mass is 9.82. The van der Waals surface area contributed by atoms with E-state index in [1.54, 1.807) is 0 Å². The Labute approximate surface area is 118 Å². The summed E-state index contributed by atoms with van der Waals surface area (Å²) >= 11 is 0. The normalized spacial score (nSPS) is 38.2. The molecule has 0 aromatic heterocycles. The van der Waals surface area contributed by atoms with E-state index in [2.05, 4.69) is 6.08 Å². The average molecular weight is 275 g/mol. The molecular formula is C16H21NO3. The van der Waals surface area contributed by atoms with Crippen LogP contribution in [0, 0.1) is 29.6 Å². The van der Waals surface area contributed by atoms with Crippen molar-refractivity contribution in [1.29, 1.82) is 0 Å². The lowest BCUT2D eigenvalue weighted by Crippen LogP contribution is -2.44. The van der Waals surface area contributed by atoms with Gasteiger partial charge in [0.1, 0.15) is 0 Å². The number of nitrogens with zero attached hydrogens (tertiary/aromatic N) is 1. The fourth-order valence-corrected chi connectivity index (χ4v) is 4.07. The minimum absolute atomic E-state index is 0.0772. The molecule has 4 aliphatic carbocycles. The van der Waals surface area contributed by atoms with Crippen LogP contribution in [0.25, 0.3) is 0 Å². The van der Waals surface area contributed by atoms with E-state index in [0.29, 0.717) is 12.0 Å². The molecule has 3 saturated carbocycles. The molecule has 1 N–H and O–H groups in total. The zero-order valence-electron chi connectivity index (χ0n) is 11.6. The smallest absolute Gasteiger partial charge is 0.307 e. The van der Waals surface area contributed by atoms with Crippen LogP contribution in [-0.4, -0.2) is 34.5 Å². The number of hydrogen-bond acceptors (Lipinski definition) is 2. The molecule has 4 nitrogen and oxygen atoms in total. The Morgan fingerprint density at radius 3 is 2.25 bits per heavy atom. The average Bonchev–Trinajstić information content (AvgIpc) is 3.33. The highest BCUT2D eigenvalue weighted by atomic mass is 16.4. The van der Waals surface area contributed by atoms with E-state index in [0.717, 1.165) is 25.8 Å². The van der Waals surface area contributed by atoms with Crippen LogP contribution in [0.4, 0.5) is 0 Å². The molecule has 2 bridgehead atoms. The van der Waals surface area contributed by atoms with Crippen LogP contribution < -0.4 is 0 Å². The van der Waals surface area contributed by atoms with Crippen LogP contribution in [-0.2, 0) is 9.59 Å². The van der Waals surface area contributed by atoms with Crippen LogP contribution in [0.2, 0.25) is 0 Å². The molecule has 20 heavy (non-hydrogen) atoms. The van der Waals surface area contributed by atoms with Gasteiger partial charge < -0.3 is 10.0 Å². The molecule has 1 amide bonds.